The van der Waals surface area contributed by atoms with Crippen LogP contribution in [0.3, 0.4) is 0 Å². The third-order valence-corrected chi connectivity index (χ3v) is 18.7. The predicted octanol–water partition coefficient (Wildman–Crippen LogP) is 8.75. The summed E-state index contributed by atoms with van der Waals surface area (Å²) in [5, 5.41) is 12.4. The van der Waals surface area contributed by atoms with Gasteiger partial charge in [-0.2, -0.15) is 0 Å². The molecule has 0 aromatic heterocycles. The van der Waals surface area contributed by atoms with E-state index in [9.17, 15) is 14.7 Å². The Balaban J connectivity index is 1.67. The second-order valence-electron chi connectivity index (χ2n) is 17.8. The number of carbonyl (C=O) groups is 2. The van der Waals surface area contributed by atoms with Crippen molar-refractivity contribution in [3.05, 3.63) is 11.6 Å². The summed E-state index contributed by atoms with van der Waals surface area (Å²) in [6.45, 7) is 27.2. The fourth-order valence-electron chi connectivity index (χ4n) is 11.0. The van der Waals surface area contributed by atoms with E-state index in [1.807, 2.05) is 0 Å². The van der Waals surface area contributed by atoms with E-state index in [1.165, 1.54) is 12.5 Å². The average molecular weight is 617 g/mol. The van der Waals surface area contributed by atoms with Gasteiger partial charge in [-0.3, -0.25) is 4.79 Å². The number of aldehydes is 1. The average Bonchev–Trinajstić information content (AvgIpc) is 3.14. The molecule has 4 aliphatic carbocycles. The van der Waals surface area contributed by atoms with E-state index >= 15 is 0 Å². The number of allylic oxidation sites excluding steroid dienone is 2. The molecule has 0 heterocycles. The molecule has 0 spiro atoms. The summed E-state index contributed by atoms with van der Waals surface area (Å²) in [4.78, 5) is 25.0. The van der Waals surface area contributed by atoms with E-state index in [4.69, 9.17) is 9.16 Å². The molecule has 0 bridgehead atoms. The Morgan fingerprint density at radius 1 is 1.02 bits per heavy atom. The Morgan fingerprint density at radius 3 is 2.23 bits per heavy atom. The van der Waals surface area contributed by atoms with Crippen LogP contribution in [0.5, 0.6) is 0 Å². The largest absolute Gasteiger partial charge is 0.462 e. The Labute approximate surface area is 264 Å². The third kappa shape index (κ3) is 5.88. The minimum Gasteiger partial charge on any atom is -0.462 e. The Hall–Kier alpha value is -0.983. The molecule has 0 saturated heterocycles. The van der Waals surface area contributed by atoms with Crippen LogP contribution in [0, 0.1) is 51.8 Å². The van der Waals surface area contributed by atoms with Crippen molar-refractivity contribution in [2.24, 2.45) is 51.8 Å². The molecule has 12 atom stereocenters. The number of carbonyl (C=O) groups excluding carboxylic acids is 2. The van der Waals surface area contributed by atoms with Gasteiger partial charge in [-0.1, -0.05) is 60.1 Å². The second kappa shape index (κ2) is 12.0. The number of hydrogen-bond donors (Lipinski definition) is 1. The van der Waals surface area contributed by atoms with E-state index < -0.39 is 14.4 Å². The van der Waals surface area contributed by atoms with Crippen LogP contribution in [0.4, 0.5) is 0 Å². The topological polar surface area (TPSA) is 72.8 Å². The number of aliphatic hydroxyl groups is 1. The summed E-state index contributed by atoms with van der Waals surface area (Å²) in [6.07, 6.45) is 10.3. The van der Waals surface area contributed by atoms with Gasteiger partial charge in [0.25, 0.3) is 0 Å². The van der Waals surface area contributed by atoms with Crippen LogP contribution in [-0.4, -0.2) is 44.0 Å². The van der Waals surface area contributed by atoms with E-state index in [0.29, 0.717) is 18.3 Å². The highest BCUT2D eigenvalue weighted by atomic mass is 28.4. The highest BCUT2D eigenvalue weighted by Crippen LogP contribution is 2.75. The van der Waals surface area contributed by atoms with Gasteiger partial charge >= 0.3 is 5.97 Å². The number of esters is 1. The monoisotopic (exact) mass is 616 g/mol. The van der Waals surface area contributed by atoms with Gasteiger partial charge in [-0.05, 0) is 123 Å². The Morgan fingerprint density at radius 2 is 1.67 bits per heavy atom. The summed E-state index contributed by atoms with van der Waals surface area (Å²) in [6, 6.07) is 0. The molecule has 0 radical (unpaired) electrons. The van der Waals surface area contributed by atoms with Crippen LogP contribution in [0.1, 0.15) is 121 Å². The van der Waals surface area contributed by atoms with Crippen molar-refractivity contribution in [1.29, 1.82) is 0 Å². The smallest absolute Gasteiger partial charge is 0.302 e. The quantitative estimate of drug-likeness (QED) is 0.128. The van der Waals surface area contributed by atoms with Crippen molar-refractivity contribution in [3.8, 4) is 0 Å². The first kappa shape index (κ1) is 34.9. The molecule has 0 aromatic carbocycles. The maximum absolute atomic E-state index is 12.7. The molecule has 4 rings (SSSR count). The predicted molar refractivity (Wildman–Crippen MR) is 177 cm³/mol. The molecule has 1 unspecified atom stereocenters. The summed E-state index contributed by atoms with van der Waals surface area (Å²) in [7, 11) is -1.89. The minimum absolute atomic E-state index is 0.0234. The summed E-state index contributed by atoms with van der Waals surface area (Å²) in [5.74, 6) is 0.778. The number of ether oxygens (including phenoxy) is 1. The Kier molecular flexibility index (Phi) is 9.73. The van der Waals surface area contributed by atoms with Crippen LogP contribution in [0.2, 0.25) is 18.1 Å². The molecule has 0 aromatic rings. The van der Waals surface area contributed by atoms with Gasteiger partial charge in [-0.15, -0.1) is 0 Å². The molecule has 0 aliphatic heterocycles. The SMILES string of the molecule is CC(=O)O[C@H]1C[C@@]2(C)[C@@H](C[C@@H](O)[C@H]3[C@@]4(C)CC[C@@H](O[Si](C)(C)C(C)(C)C)[C@@H](C)C4CC[C@@]32C)[C@H]1[C@@H](C=O)CCC=C(C)C. The molecule has 5 nitrogen and oxygen atoms in total. The van der Waals surface area contributed by atoms with Gasteiger partial charge in [0.05, 0.1) is 6.10 Å². The highest BCUT2D eigenvalue weighted by molar-refractivity contribution is 6.74. The van der Waals surface area contributed by atoms with Crippen LogP contribution in [0.25, 0.3) is 0 Å². The molecule has 1 N–H and O–H groups in total. The fourth-order valence-corrected chi connectivity index (χ4v) is 12.4. The zero-order valence-corrected chi connectivity index (χ0v) is 30.6. The van der Waals surface area contributed by atoms with Gasteiger partial charge in [-0.25, -0.2) is 0 Å². The molecule has 4 fully saturated rings. The van der Waals surface area contributed by atoms with Gasteiger partial charge < -0.3 is 19.1 Å². The van der Waals surface area contributed by atoms with Crippen LogP contribution in [-0.2, 0) is 18.8 Å². The van der Waals surface area contributed by atoms with Crippen LogP contribution >= 0.6 is 0 Å². The summed E-state index contributed by atoms with van der Waals surface area (Å²) in [5.41, 5.74) is 1.05. The lowest BCUT2D eigenvalue weighted by atomic mass is 9.36. The maximum Gasteiger partial charge on any atom is 0.302 e. The first-order valence-corrected chi connectivity index (χ1v) is 20.3. The normalized spacial score (nSPS) is 43.6. The van der Waals surface area contributed by atoms with E-state index in [0.717, 1.165) is 51.2 Å². The zero-order valence-electron chi connectivity index (χ0n) is 29.6. The fraction of sp³-hybridized carbons (Fsp3) is 0.892. The molecule has 4 saturated carbocycles. The van der Waals surface area contributed by atoms with Crippen molar-refractivity contribution >= 4 is 20.6 Å². The first-order chi connectivity index (χ1) is 19.7. The van der Waals surface area contributed by atoms with Crippen molar-refractivity contribution in [3.63, 3.8) is 0 Å². The van der Waals surface area contributed by atoms with E-state index in [2.05, 4.69) is 81.5 Å². The summed E-state index contributed by atoms with van der Waals surface area (Å²) < 4.78 is 13.1. The van der Waals surface area contributed by atoms with Crippen LogP contribution < -0.4 is 0 Å². The maximum atomic E-state index is 12.7. The Bertz CT molecular complexity index is 1070. The molecule has 43 heavy (non-hydrogen) atoms. The van der Waals surface area contributed by atoms with Gasteiger partial charge in [0.1, 0.15) is 12.4 Å². The van der Waals surface area contributed by atoms with Crippen molar-refractivity contribution in [1.82, 2.24) is 0 Å². The van der Waals surface area contributed by atoms with E-state index in [-0.39, 0.29) is 63.1 Å². The van der Waals surface area contributed by atoms with E-state index in [1.54, 1.807) is 0 Å². The van der Waals surface area contributed by atoms with Crippen molar-refractivity contribution < 1.29 is 23.9 Å². The lowest BCUT2D eigenvalue weighted by Crippen LogP contribution is -2.66. The molecule has 0 amide bonds. The van der Waals surface area contributed by atoms with Crippen LogP contribution in [0.15, 0.2) is 11.6 Å². The van der Waals surface area contributed by atoms with Crippen molar-refractivity contribution in [2.45, 2.75) is 157 Å². The van der Waals surface area contributed by atoms with Gasteiger partial charge in [0.2, 0.25) is 0 Å². The number of hydrogen-bond acceptors (Lipinski definition) is 5. The second-order valence-corrected chi connectivity index (χ2v) is 22.5. The molecule has 246 valence electrons. The molecular weight excluding hydrogens is 552 g/mol. The summed E-state index contributed by atoms with van der Waals surface area (Å²) >= 11 is 0. The lowest BCUT2D eigenvalue weighted by Gasteiger charge is -2.69. The van der Waals surface area contributed by atoms with Gasteiger partial charge in [0, 0.05) is 24.9 Å². The number of rotatable bonds is 8. The van der Waals surface area contributed by atoms with Gasteiger partial charge in [0.15, 0.2) is 8.32 Å². The minimum atomic E-state index is -1.89. The first-order valence-electron chi connectivity index (χ1n) is 17.4. The zero-order chi connectivity index (χ0) is 32.3. The third-order valence-electron chi connectivity index (χ3n) is 14.2. The number of fused-ring (bicyclic) bond motifs is 5. The molecular formula is C37H64O5Si. The standard InChI is InChI=1S/C37H64O5Si/c1-23(2)14-13-15-26(22-38)32-28-20-29(40)33-35(8)18-17-30(42-43(11,12)34(5,6)7)24(3)27(35)16-19-36(33,9)37(28,10)21-31(32)41-25(4)39/h14,22,24,26-33,40H,13,15-21H2,1-12H3/t24-,26+,27?,28-,29+,30+,31-,32+,33-,35-,36-,37-/m0/s1. The number of aliphatic hydroxyl groups excluding tert-OH is 1. The van der Waals surface area contributed by atoms with Crippen molar-refractivity contribution in [2.75, 3.05) is 0 Å². The molecule has 4 aliphatic rings. The molecule has 6 heteroatoms. The highest BCUT2D eigenvalue weighted by Gasteiger charge is 2.72. The lowest BCUT2D eigenvalue weighted by molar-refractivity contribution is -0.239.